The van der Waals surface area contributed by atoms with Crippen molar-refractivity contribution >= 4 is 5.97 Å². The highest BCUT2D eigenvalue weighted by Gasteiger charge is 2.64. The summed E-state index contributed by atoms with van der Waals surface area (Å²) >= 11 is 0. The molecule has 32 heavy (non-hydrogen) atoms. The smallest absolute Gasteiger partial charge is 0.316 e. The number of carbonyl (C=O) groups excluding carboxylic acids is 1. The molecule has 0 aromatic heterocycles. The monoisotopic (exact) mass is 435 g/mol. The lowest BCUT2D eigenvalue weighted by atomic mass is 9.59. The SMILES string of the molecule is COC(=O)[C@]1(c2ccccc2OC)C[C@@H]1CN1CC[C@@]2(C)c3cc(O)ccc3C[C@@H]1[C@@H]2C. The fraction of sp³-hybridized carbons (Fsp3) is 0.519. The first kappa shape index (κ1) is 21.3. The summed E-state index contributed by atoms with van der Waals surface area (Å²) in [6, 6.07) is 14.2. The minimum atomic E-state index is -0.621. The predicted octanol–water partition coefficient (Wildman–Crippen LogP) is 4.06. The van der Waals surface area contributed by atoms with E-state index >= 15 is 0 Å². The molecular weight excluding hydrogens is 402 g/mol. The van der Waals surface area contributed by atoms with Crippen molar-refractivity contribution in [2.24, 2.45) is 11.8 Å². The van der Waals surface area contributed by atoms with Crippen LogP contribution < -0.4 is 4.74 Å². The molecule has 2 aliphatic carbocycles. The number of ether oxygens (including phenoxy) is 2. The van der Waals surface area contributed by atoms with Gasteiger partial charge in [0.2, 0.25) is 0 Å². The van der Waals surface area contributed by atoms with E-state index in [1.807, 2.05) is 36.4 Å². The number of hydrogen-bond acceptors (Lipinski definition) is 5. The van der Waals surface area contributed by atoms with Crippen LogP contribution in [0.15, 0.2) is 42.5 Å². The maximum absolute atomic E-state index is 13.0. The van der Waals surface area contributed by atoms with Crippen LogP contribution in [0.25, 0.3) is 0 Å². The number of fused-ring (bicyclic) bond motifs is 4. The minimum absolute atomic E-state index is 0.0686. The maximum atomic E-state index is 13.0. The third-order valence-electron chi connectivity index (χ3n) is 8.80. The lowest BCUT2D eigenvalue weighted by Crippen LogP contribution is -2.58. The van der Waals surface area contributed by atoms with E-state index < -0.39 is 5.41 Å². The first-order valence-corrected chi connectivity index (χ1v) is 11.6. The summed E-state index contributed by atoms with van der Waals surface area (Å²) in [6.45, 7) is 6.58. The average Bonchev–Trinajstić information content (AvgIpc) is 3.52. The van der Waals surface area contributed by atoms with E-state index in [-0.39, 0.29) is 17.3 Å². The molecule has 0 spiro atoms. The lowest BCUT2D eigenvalue weighted by Gasteiger charge is -2.55. The molecule has 2 bridgehead atoms. The van der Waals surface area contributed by atoms with Crippen LogP contribution in [0.3, 0.4) is 0 Å². The van der Waals surface area contributed by atoms with E-state index in [9.17, 15) is 9.90 Å². The zero-order valence-electron chi connectivity index (χ0n) is 19.4. The van der Waals surface area contributed by atoms with E-state index in [0.717, 1.165) is 43.7 Å². The van der Waals surface area contributed by atoms with E-state index in [4.69, 9.17) is 9.47 Å². The van der Waals surface area contributed by atoms with Crippen LogP contribution in [0.5, 0.6) is 11.5 Å². The number of rotatable bonds is 5. The van der Waals surface area contributed by atoms with E-state index in [1.54, 1.807) is 7.11 Å². The highest BCUT2D eigenvalue weighted by atomic mass is 16.5. The van der Waals surface area contributed by atoms with Crippen molar-refractivity contribution in [1.29, 1.82) is 0 Å². The molecule has 2 aromatic carbocycles. The average molecular weight is 436 g/mol. The standard InChI is InChI=1S/C27H33NO4/c1-17-23-13-18-9-10-20(29)14-22(18)26(17,2)11-12-28(23)16-19-15-27(19,25(30)32-4)21-7-5-6-8-24(21)31-3/h5-10,14,17,19,23,29H,11-13,15-16H2,1-4H3/t17-,19+,23+,26+,27+/m0/s1. The third-order valence-corrected chi connectivity index (χ3v) is 8.80. The second-order valence-corrected chi connectivity index (χ2v) is 10.1. The topological polar surface area (TPSA) is 59.0 Å². The Morgan fingerprint density at radius 2 is 1.97 bits per heavy atom. The molecule has 2 aromatic rings. The Bertz CT molecular complexity index is 1050. The van der Waals surface area contributed by atoms with Crippen LogP contribution in [0.4, 0.5) is 0 Å². The number of hydrogen-bond donors (Lipinski definition) is 1. The molecule has 0 radical (unpaired) electrons. The van der Waals surface area contributed by atoms with Gasteiger partial charge in [-0.25, -0.2) is 0 Å². The largest absolute Gasteiger partial charge is 0.508 e. The maximum Gasteiger partial charge on any atom is 0.316 e. The molecule has 5 rings (SSSR count). The molecule has 5 atom stereocenters. The van der Waals surface area contributed by atoms with Crippen molar-refractivity contribution in [1.82, 2.24) is 4.90 Å². The number of likely N-dealkylation sites (tertiary alicyclic amines) is 1. The van der Waals surface area contributed by atoms with Gasteiger partial charge >= 0.3 is 5.97 Å². The van der Waals surface area contributed by atoms with Crippen LogP contribution in [-0.2, 0) is 26.8 Å². The Kier molecular flexibility index (Phi) is 5.01. The molecule has 0 unspecified atom stereocenters. The summed E-state index contributed by atoms with van der Waals surface area (Å²) in [7, 11) is 3.14. The van der Waals surface area contributed by atoms with Gasteiger partial charge in [-0.3, -0.25) is 9.69 Å². The van der Waals surface area contributed by atoms with Crippen molar-refractivity contribution in [2.45, 2.75) is 50.0 Å². The van der Waals surface area contributed by atoms with Gasteiger partial charge in [-0.2, -0.15) is 0 Å². The Hall–Kier alpha value is -2.53. The van der Waals surface area contributed by atoms with Gasteiger partial charge in [0.25, 0.3) is 0 Å². The quantitative estimate of drug-likeness (QED) is 0.718. The van der Waals surface area contributed by atoms with E-state index in [2.05, 4.69) is 24.8 Å². The molecule has 2 fully saturated rings. The van der Waals surface area contributed by atoms with Gasteiger partial charge in [0.1, 0.15) is 16.9 Å². The summed E-state index contributed by atoms with van der Waals surface area (Å²) in [5, 5.41) is 10.1. The highest BCUT2D eigenvalue weighted by molar-refractivity contribution is 5.88. The van der Waals surface area contributed by atoms with Crippen molar-refractivity contribution in [3.05, 3.63) is 59.2 Å². The number of nitrogens with zero attached hydrogens (tertiary/aromatic N) is 1. The normalized spacial score (nSPS) is 33.3. The van der Waals surface area contributed by atoms with Gasteiger partial charge in [0.15, 0.2) is 0 Å². The summed E-state index contributed by atoms with van der Waals surface area (Å²) in [4.78, 5) is 15.6. The molecule has 1 aliphatic heterocycles. The van der Waals surface area contributed by atoms with Crippen molar-refractivity contribution in [2.75, 3.05) is 27.3 Å². The van der Waals surface area contributed by atoms with Crippen molar-refractivity contribution < 1.29 is 19.4 Å². The van der Waals surface area contributed by atoms with Crippen molar-refractivity contribution in [3.8, 4) is 11.5 Å². The number of phenols is 1. The summed E-state index contributed by atoms with van der Waals surface area (Å²) in [5.74, 6) is 1.64. The zero-order chi connectivity index (χ0) is 22.7. The molecule has 0 amide bonds. The van der Waals surface area contributed by atoms with Crippen LogP contribution in [0.2, 0.25) is 0 Å². The first-order chi connectivity index (χ1) is 15.3. The van der Waals surface area contributed by atoms with Crippen LogP contribution >= 0.6 is 0 Å². The number of carbonyl (C=O) groups is 1. The van der Waals surface area contributed by atoms with E-state index in [0.29, 0.717) is 17.7 Å². The number of esters is 1. The van der Waals surface area contributed by atoms with Gasteiger partial charge in [0.05, 0.1) is 14.2 Å². The lowest BCUT2D eigenvalue weighted by molar-refractivity contribution is -0.144. The summed E-state index contributed by atoms with van der Waals surface area (Å²) < 4.78 is 10.9. The number of methoxy groups -OCH3 is 2. The highest BCUT2D eigenvalue weighted by Crippen LogP contribution is 2.59. The number of phenolic OH excluding ortho intramolecular Hbond substituents is 1. The Morgan fingerprint density at radius 1 is 1.19 bits per heavy atom. The van der Waals surface area contributed by atoms with Gasteiger partial charge in [-0.05, 0) is 72.4 Å². The molecule has 5 nitrogen and oxygen atoms in total. The Morgan fingerprint density at radius 3 is 2.72 bits per heavy atom. The fourth-order valence-corrected chi connectivity index (χ4v) is 6.64. The molecule has 1 saturated heterocycles. The molecular formula is C27H33NO4. The van der Waals surface area contributed by atoms with Gasteiger partial charge in [0, 0.05) is 18.2 Å². The summed E-state index contributed by atoms with van der Waals surface area (Å²) in [6.07, 6.45) is 2.83. The summed E-state index contributed by atoms with van der Waals surface area (Å²) in [5.41, 5.74) is 3.05. The first-order valence-electron chi connectivity index (χ1n) is 11.6. The Labute approximate surface area is 190 Å². The zero-order valence-corrected chi connectivity index (χ0v) is 19.4. The van der Waals surface area contributed by atoms with Crippen LogP contribution in [0, 0.1) is 11.8 Å². The molecule has 5 heteroatoms. The molecule has 3 aliphatic rings. The number of piperidine rings is 1. The fourth-order valence-electron chi connectivity index (χ4n) is 6.64. The van der Waals surface area contributed by atoms with Gasteiger partial charge < -0.3 is 14.6 Å². The van der Waals surface area contributed by atoms with Gasteiger partial charge in [-0.15, -0.1) is 0 Å². The van der Waals surface area contributed by atoms with Crippen LogP contribution in [0.1, 0.15) is 43.4 Å². The molecule has 1 heterocycles. The second-order valence-electron chi connectivity index (χ2n) is 10.1. The number of benzene rings is 2. The molecule has 1 saturated carbocycles. The van der Waals surface area contributed by atoms with Gasteiger partial charge in [-0.1, -0.05) is 38.1 Å². The number of aromatic hydroxyl groups is 1. The number of para-hydroxylation sites is 1. The van der Waals surface area contributed by atoms with E-state index in [1.165, 1.54) is 18.2 Å². The Balaban J connectivity index is 1.43. The third kappa shape index (κ3) is 2.97. The predicted molar refractivity (Wildman–Crippen MR) is 123 cm³/mol. The molecule has 170 valence electrons. The molecule has 1 N–H and O–H groups in total. The van der Waals surface area contributed by atoms with Crippen LogP contribution in [-0.4, -0.2) is 49.3 Å². The minimum Gasteiger partial charge on any atom is -0.508 e. The second kappa shape index (κ2) is 7.51. The van der Waals surface area contributed by atoms with Crippen molar-refractivity contribution in [3.63, 3.8) is 0 Å².